The molecule has 3 rings (SSSR count). The molecule has 1 aromatic rings. The smallest absolute Gasteiger partial charge is 0.138 e. The van der Waals surface area contributed by atoms with Gasteiger partial charge in [-0.15, -0.1) is 0 Å². The third kappa shape index (κ3) is 2.41. The van der Waals surface area contributed by atoms with Crippen LogP contribution in [0.1, 0.15) is 38.9 Å². The van der Waals surface area contributed by atoms with Crippen molar-refractivity contribution in [2.24, 2.45) is 5.92 Å². The van der Waals surface area contributed by atoms with Crippen molar-refractivity contribution >= 4 is 0 Å². The second kappa shape index (κ2) is 4.87. The first-order chi connectivity index (χ1) is 9.08. The van der Waals surface area contributed by atoms with Crippen LogP contribution < -0.4 is 0 Å². The summed E-state index contributed by atoms with van der Waals surface area (Å²) in [6, 6.07) is 0.330. The fraction of sp³-hybridized carbons (Fsp3) is 0.857. The Morgan fingerprint density at radius 3 is 3.11 bits per heavy atom. The van der Waals surface area contributed by atoms with Gasteiger partial charge in [0, 0.05) is 25.6 Å². The predicted molar refractivity (Wildman–Crippen MR) is 72.7 cm³/mol. The van der Waals surface area contributed by atoms with Gasteiger partial charge in [0.1, 0.15) is 12.2 Å². The highest BCUT2D eigenvalue weighted by molar-refractivity contribution is 5.07. The Balaban J connectivity index is 1.76. The molecule has 0 amide bonds. The van der Waals surface area contributed by atoms with E-state index in [1.165, 1.54) is 6.42 Å². The highest BCUT2D eigenvalue weighted by Crippen LogP contribution is 2.37. The molecule has 1 N–H and O–H groups in total. The molecule has 3 heterocycles. The lowest BCUT2D eigenvalue weighted by molar-refractivity contribution is 0.0113. The van der Waals surface area contributed by atoms with Crippen molar-refractivity contribution in [2.75, 3.05) is 13.1 Å². The van der Waals surface area contributed by atoms with Crippen molar-refractivity contribution in [1.29, 1.82) is 0 Å². The average molecular weight is 264 g/mol. The minimum Gasteiger partial charge on any atom is -0.388 e. The van der Waals surface area contributed by atoms with Crippen molar-refractivity contribution in [2.45, 2.75) is 57.7 Å². The van der Waals surface area contributed by atoms with Crippen molar-refractivity contribution in [3.63, 3.8) is 0 Å². The zero-order valence-electron chi connectivity index (χ0n) is 11.9. The molecule has 1 aromatic heterocycles. The molecule has 0 radical (unpaired) electrons. The van der Waals surface area contributed by atoms with Crippen molar-refractivity contribution in [3.05, 3.63) is 12.2 Å². The summed E-state index contributed by atoms with van der Waals surface area (Å²) in [6.45, 7) is 7.40. The monoisotopic (exact) mass is 264 g/mol. The Morgan fingerprint density at radius 1 is 1.47 bits per heavy atom. The van der Waals surface area contributed by atoms with Crippen LogP contribution in [0.4, 0.5) is 0 Å². The summed E-state index contributed by atoms with van der Waals surface area (Å²) in [7, 11) is 0. The topological polar surface area (TPSA) is 54.2 Å². The van der Waals surface area contributed by atoms with Gasteiger partial charge in [-0.3, -0.25) is 4.90 Å². The van der Waals surface area contributed by atoms with Crippen LogP contribution in [-0.2, 0) is 13.0 Å². The van der Waals surface area contributed by atoms with Crippen LogP contribution in [0.25, 0.3) is 0 Å². The largest absolute Gasteiger partial charge is 0.388 e. The third-order valence-corrected chi connectivity index (χ3v) is 4.51. The highest BCUT2D eigenvalue weighted by atomic mass is 16.3. The van der Waals surface area contributed by atoms with Gasteiger partial charge in [-0.25, -0.2) is 9.67 Å². The maximum atomic E-state index is 11.0. The van der Waals surface area contributed by atoms with Gasteiger partial charge >= 0.3 is 0 Å². The Morgan fingerprint density at radius 2 is 2.32 bits per heavy atom. The van der Waals surface area contributed by atoms with Crippen molar-refractivity contribution in [3.8, 4) is 0 Å². The number of rotatable bonds is 4. The van der Waals surface area contributed by atoms with Crippen LogP contribution in [0.5, 0.6) is 0 Å². The molecule has 106 valence electrons. The number of hydrogen-bond acceptors (Lipinski definition) is 4. The maximum Gasteiger partial charge on any atom is 0.138 e. The van der Waals surface area contributed by atoms with Gasteiger partial charge < -0.3 is 5.11 Å². The summed E-state index contributed by atoms with van der Waals surface area (Å²) in [5.41, 5.74) is -0.599. The molecular formula is C14H24N4O. The zero-order chi connectivity index (χ0) is 13.5. The summed E-state index contributed by atoms with van der Waals surface area (Å²) in [4.78, 5) is 6.80. The van der Waals surface area contributed by atoms with Gasteiger partial charge in [0.25, 0.3) is 0 Å². The molecule has 19 heavy (non-hydrogen) atoms. The number of nitrogens with zero attached hydrogens (tertiary/aromatic N) is 4. The van der Waals surface area contributed by atoms with E-state index in [2.05, 4.69) is 28.8 Å². The molecule has 5 heteroatoms. The van der Waals surface area contributed by atoms with Gasteiger partial charge in [0.15, 0.2) is 0 Å². The summed E-state index contributed by atoms with van der Waals surface area (Å²) >= 11 is 0. The molecule has 2 fully saturated rings. The van der Waals surface area contributed by atoms with Gasteiger partial charge in [-0.2, -0.15) is 5.10 Å². The second-order valence-corrected chi connectivity index (χ2v) is 6.48. The van der Waals surface area contributed by atoms with Gasteiger partial charge in [-0.1, -0.05) is 13.8 Å². The van der Waals surface area contributed by atoms with Gasteiger partial charge in [0.2, 0.25) is 0 Å². The Labute approximate surface area is 114 Å². The summed E-state index contributed by atoms with van der Waals surface area (Å²) < 4.78 is 1.96. The number of fused-ring (bicyclic) bond motifs is 1. The lowest BCUT2D eigenvalue weighted by Gasteiger charge is -2.29. The number of aromatic nitrogens is 3. The molecule has 0 saturated carbocycles. The minimum absolute atomic E-state index is 0.330. The second-order valence-electron chi connectivity index (χ2n) is 6.48. The maximum absolute atomic E-state index is 11.0. The zero-order valence-corrected chi connectivity index (χ0v) is 11.9. The van der Waals surface area contributed by atoms with E-state index in [0.29, 0.717) is 18.4 Å². The van der Waals surface area contributed by atoms with E-state index in [-0.39, 0.29) is 0 Å². The molecule has 0 spiro atoms. The van der Waals surface area contributed by atoms with Crippen LogP contribution in [0.2, 0.25) is 0 Å². The van der Waals surface area contributed by atoms with Crippen molar-refractivity contribution < 1.29 is 5.11 Å². The standard InChI is InChI=1S/C14H24N4O/c1-11(2)9-18-13(15-10-16-18)8-14(19)5-7-17-6-3-4-12(14)17/h10-12,19H,3-9H2,1-2H3. The summed E-state index contributed by atoms with van der Waals surface area (Å²) in [6.07, 6.45) is 5.45. The van der Waals surface area contributed by atoms with Crippen LogP contribution in [0.15, 0.2) is 6.33 Å². The van der Waals surface area contributed by atoms with E-state index in [9.17, 15) is 5.11 Å². The van der Waals surface area contributed by atoms with Crippen LogP contribution in [0, 0.1) is 5.92 Å². The molecule has 0 aromatic carbocycles. The summed E-state index contributed by atoms with van der Waals surface area (Å²) in [5.74, 6) is 1.48. The predicted octanol–water partition coefficient (Wildman–Crippen LogP) is 1.08. The molecular weight excluding hydrogens is 240 g/mol. The fourth-order valence-electron chi connectivity index (χ4n) is 3.61. The molecule has 2 unspecified atom stereocenters. The normalized spacial score (nSPS) is 31.3. The summed E-state index contributed by atoms with van der Waals surface area (Å²) in [5, 5.41) is 15.3. The van der Waals surface area contributed by atoms with E-state index >= 15 is 0 Å². The Hall–Kier alpha value is -0.940. The van der Waals surface area contributed by atoms with Gasteiger partial charge in [0.05, 0.1) is 5.60 Å². The molecule has 2 saturated heterocycles. The minimum atomic E-state index is -0.599. The van der Waals surface area contributed by atoms with Crippen LogP contribution >= 0.6 is 0 Å². The van der Waals surface area contributed by atoms with E-state index in [4.69, 9.17) is 0 Å². The lowest BCUT2D eigenvalue weighted by Crippen LogP contribution is -2.43. The molecule has 0 bridgehead atoms. The van der Waals surface area contributed by atoms with E-state index in [1.54, 1.807) is 6.33 Å². The fourth-order valence-corrected chi connectivity index (χ4v) is 3.61. The average Bonchev–Trinajstić information content (AvgIpc) is 3.00. The molecule has 0 aliphatic carbocycles. The lowest BCUT2D eigenvalue weighted by atomic mass is 9.89. The first kappa shape index (κ1) is 13.1. The molecule has 2 aliphatic rings. The third-order valence-electron chi connectivity index (χ3n) is 4.51. The first-order valence-electron chi connectivity index (χ1n) is 7.41. The van der Waals surface area contributed by atoms with Gasteiger partial charge in [-0.05, 0) is 31.7 Å². The Bertz CT molecular complexity index is 444. The van der Waals surface area contributed by atoms with Crippen molar-refractivity contribution in [1.82, 2.24) is 19.7 Å². The van der Waals surface area contributed by atoms with E-state index < -0.39 is 5.60 Å². The molecule has 2 aliphatic heterocycles. The number of hydrogen-bond donors (Lipinski definition) is 1. The molecule has 5 nitrogen and oxygen atoms in total. The number of aliphatic hydroxyl groups is 1. The first-order valence-corrected chi connectivity index (χ1v) is 7.41. The quantitative estimate of drug-likeness (QED) is 0.884. The Kier molecular flexibility index (Phi) is 3.35. The highest BCUT2D eigenvalue weighted by Gasteiger charge is 2.48. The molecule has 2 atom stereocenters. The SMILES string of the molecule is CC(C)Cn1ncnc1CC1(O)CCN2CCCC21. The van der Waals surface area contributed by atoms with Crippen LogP contribution in [-0.4, -0.2) is 49.5 Å². The van der Waals surface area contributed by atoms with E-state index in [1.807, 2.05) is 4.68 Å². The van der Waals surface area contributed by atoms with Crippen LogP contribution in [0.3, 0.4) is 0 Å². The van der Waals surface area contributed by atoms with E-state index in [0.717, 1.165) is 38.3 Å².